The van der Waals surface area contributed by atoms with Gasteiger partial charge in [-0.1, -0.05) is 36.4 Å². The highest BCUT2D eigenvalue weighted by Crippen LogP contribution is 2.30. The molecule has 2 nitrogen and oxygen atoms in total. The van der Waals surface area contributed by atoms with Crippen molar-refractivity contribution in [3.8, 4) is 0 Å². The van der Waals surface area contributed by atoms with E-state index in [0.29, 0.717) is 12.0 Å². The molecule has 0 aromatic heterocycles. The van der Waals surface area contributed by atoms with Crippen molar-refractivity contribution in [1.29, 1.82) is 0 Å². The minimum absolute atomic E-state index is 0.464. The van der Waals surface area contributed by atoms with Crippen molar-refractivity contribution in [2.24, 2.45) is 0 Å². The SMILES string of the molecule is O=C(O)C1=Cc2cccc3cccc(c23)C1. The fraction of sp³-hybridized carbons (Fsp3) is 0.0714. The maximum atomic E-state index is 11.0. The number of rotatable bonds is 1. The summed E-state index contributed by atoms with van der Waals surface area (Å²) in [6.07, 6.45) is 2.29. The van der Waals surface area contributed by atoms with Crippen LogP contribution >= 0.6 is 0 Å². The van der Waals surface area contributed by atoms with Gasteiger partial charge in [0.05, 0.1) is 0 Å². The first-order valence-electron chi connectivity index (χ1n) is 5.20. The lowest BCUT2D eigenvalue weighted by Gasteiger charge is -2.15. The Labute approximate surface area is 92.8 Å². The van der Waals surface area contributed by atoms with Crippen LogP contribution in [0.1, 0.15) is 11.1 Å². The molecule has 0 fully saturated rings. The molecule has 0 amide bonds. The Hall–Kier alpha value is -2.09. The van der Waals surface area contributed by atoms with Gasteiger partial charge in [-0.05, 0) is 28.0 Å². The number of hydrogen-bond acceptors (Lipinski definition) is 1. The Kier molecular flexibility index (Phi) is 1.83. The molecule has 0 heterocycles. The molecule has 0 bridgehead atoms. The third-order valence-electron chi connectivity index (χ3n) is 3.01. The van der Waals surface area contributed by atoms with E-state index in [-0.39, 0.29) is 0 Å². The van der Waals surface area contributed by atoms with Gasteiger partial charge in [0.25, 0.3) is 0 Å². The molecule has 2 aromatic carbocycles. The van der Waals surface area contributed by atoms with Gasteiger partial charge >= 0.3 is 5.97 Å². The topological polar surface area (TPSA) is 37.3 Å². The Morgan fingerprint density at radius 2 is 1.88 bits per heavy atom. The molecule has 78 valence electrons. The van der Waals surface area contributed by atoms with Crippen molar-refractivity contribution in [2.45, 2.75) is 6.42 Å². The van der Waals surface area contributed by atoms with E-state index in [4.69, 9.17) is 5.11 Å². The van der Waals surface area contributed by atoms with Crippen LogP contribution in [0.3, 0.4) is 0 Å². The average molecular weight is 210 g/mol. The summed E-state index contributed by atoms with van der Waals surface area (Å²) >= 11 is 0. The van der Waals surface area contributed by atoms with E-state index >= 15 is 0 Å². The number of hydrogen-bond donors (Lipinski definition) is 1. The second kappa shape index (κ2) is 3.20. The number of carboxylic acids is 1. The average Bonchev–Trinajstić information content (AvgIpc) is 2.29. The van der Waals surface area contributed by atoms with Crippen molar-refractivity contribution >= 4 is 22.8 Å². The number of aliphatic carboxylic acids is 1. The molecule has 0 atom stereocenters. The summed E-state index contributed by atoms with van der Waals surface area (Å²) in [6, 6.07) is 12.0. The van der Waals surface area contributed by atoms with Crippen molar-refractivity contribution in [2.75, 3.05) is 0 Å². The monoisotopic (exact) mass is 210 g/mol. The molecule has 1 aliphatic carbocycles. The minimum Gasteiger partial charge on any atom is -0.478 e. The summed E-state index contributed by atoms with van der Waals surface area (Å²) in [5.41, 5.74) is 2.58. The van der Waals surface area contributed by atoms with E-state index in [0.717, 1.165) is 11.1 Å². The second-order valence-corrected chi connectivity index (χ2v) is 4.01. The Morgan fingerprint density at radius 3 is 2.62 bits per heavy atom. The van der Waals surface area contributed by atoms with E-state index < -0.39 is 5.97 Å². The van der Waals surface area contributed by atoms with Gasteiger partial charge in [0.2, 0.25) is 0 Å². The summed E-state index contributed by atoms with van der Waals surface area (Å²) < 4.78 is 0. The Bertz CT molecular complexity index is 618. The van der Waals surface area contributed by atoms with Gasteiger partial charge in [0.15, 0.2) is 0 Å². The van der Waals surface area contributed by atoms with E-state index in [1.807, 2.05) is 24.3 Å². The predicted molar refractivity (Wildman–Crippen MR) is 63.3 cm³/mol. The first-order valence-corrected chi connectivity index (χ1v) is 5.20. The third kappa shape index (κ3) is 1.23. The zero-order valence-electron chi connectivity index (χ0n) is 8.60. The normalized spacial score (nSPS) is 13.6. The van der Waals surface area contributed by atoms with Gasteiger partial charge in [-0.25, -0.2) is 4.79 Å². The molecule has 0 saturated heterocycles. The number of carboxylic acid groups (broad SMARTS) is 1. The van der Waals surface area contributed by atoms with E-state index in [9.17, 15) is 4.79 Å². The van der Waals surface area contributed by atoms with E-state index in [2.05, 4.69) is 12.1 Å². The summed E-state index contributed by atoms with van der Waals surface area (Å²) in [5.74, 6) is -0.827. The number of benzene rings is 2. The van der Waals surface area contributed by atoms with Crippen LogP contribution in [0.5, 0.6) is 0 Å². The Morgan fingerprint density at radius 1 is 1.12 bits per heavy atom. The van der Waals surface area contributed by atoms with Gasteiger partial charge in [-0.3, -0.25) is 0 Å². The molecular weight excluding hydrogens is 200 g/mol. The highest BCUT2D eigenvalue weighted by molar-refractivity contribution is 6.02. The molecule has 1 N–H and O–H groups in total. The lowest BCUT2D eigenvalue weighted by atomic mass is 9.89. The minimum atomic E-state index is -0.827. The fourth-order valence-electron chi connectivity index (χ4n) is 2.30. The smallest absolute Gasteiger partial charge is 0.331 e. The summed E-state index contributed by atoms with van der Waals surface area (Å²) in [5, 5.41) is 11.4. The van der Waals surface area contributed by atoms with E-state index in [1.165, 1.54) is 10.8 Å². The zero-order chi connectivity index (χ0) is 11.1. The maximum absolute atomic E-state index is 11.0. The van der Waals surface area contributed by atoms with Crippen LogP contribution in [0.2, 0.25) is 0 Å². The van der Waals surface area contributed by atoms with Gasteiger partial charge < -0.3 is 5.11 Å². The standard InChI is InChI=1S/C14H10O2/c15-14(16)12-7-10-5-1-3-9-4-2-6-11(8-12)13(9)10/h1-7H,8H2,(H,15,16). The van der Waals surface area contributed by atoms with Crippen molar-refractivity contribution in [1.82, 2.24) is 0 Å². The van der Waals surface area contributed by atoms with Crippen LogP contribution in [0.15, 0.2) is 42.0 Å². The third-order valence-corrected chi connectivity index (χ3v) is 3.01. The highest BCUT2D eigenvalue weighted by Gasteiger charge is 2.16. The van der Waals surface area contributed by atoms with Gasteiger partial charge in [-0.15, -0.1) is 0 Å². The largest absolute Gasteiger partial charge is 0.478 e. The second-order valence-electron chi connectivity index (χ2n) is 4.01. The lowest BCUT2D eigenvalue weighted by Crippen LogP contribution is -2.07. The molecule has 3 rings (SSSR count). The lowest BCUT2D eigenvalue weighted by molar-refractivity contribution is -0.132. The van der Waals surface area contributed by atoms with Crippen molar-refractivity contribution in [3.05, 3.63) is 53.1 Å². The van der Waals surface area contributed by atoms with Crippen LogP contribution < -0.4 is 0 Å². The van der Waals surface area contributed by atoms with Gasteiger partial charge in [-0.2, -0.15) is 0 Å². The molecule has 2 aromatic rings. The first-order chi connectivity index (χ1) is 7.75. The van der Waals surface area contributed by atoms with Crippen LogP contribution in [0, 0.1) is 0 Å². The predicted octanol–water partition coefficient (Wildman–Crippen LogP) is 2.86. The maximum Gasteiger partial charge on any atom is 0.331 e. The van der Waals surface area contributed by atoms with Crippen molar-refractivity contribution < 1.29 is 9.90 Å². The highest BCUT2D eigenvalue weighted by atomic mass is 16.4. The first kappa shape index (κ1) is 9.16. The molecular formula is C14H10O2. The molecule has 0 spiro atoms. The summed E-state index contributed by atoms with van der Waals surface area (Å²) in [7, 11) is 0. The molecule has 0 unspecified atom stereocenters. The molecule has 2 heteroatoms. The van der Waals surface area contributed by atoms with Crippen LogP contribution in [-0.4, -0.2) is 11.1 Å². The summed E-state index contributed by atoms with van der Waals surface area (Å²) in [6.45, 7) is 0. The zero-order valence-corrected chi connectivity index (χ0v) is 8.60. The van der Waals surface area contributed by atoms with Crippen molar-refractivity contribution in [3.63, 3.8) is 0 Å². The fourth-order valence-corrected chi connectivity index (χ4v) is 2.30. The van der Waals surface area contributed by atoms with Crippen LogP contribution in [0.25, 0.3) is 16.8 Å². The molecule has 0 saturated carbocycles. The van der Waals surface area contributed by atoms with Gasteiger partial charge in [0, 0.05) is 12.0 Å². The molecule has 16 heavy (non-hydrogen) atoms. The summed E-state index contributed by atoms with van der Waals surface area (Å²) in [4.78, 5) is 11.0. The Balaban J connectivity index is 2.36. The number of carbonyl (C=O) groups is 1. The quantitative estimate of drug-likeness (QED) is 0.785. The van der Waals surface area contributed by atoms with Crippen LogP contribution in [-0.2, 0) is 11.2 Å². The van der Waals surface area contributed by atoms with E-state index in [1.54, 1.807) is 6.08 Å². The molecule has 0 aliphatic heterocycles. The van der Waals surface area contributed by atoms with Gasteiger partial charge in [0.1, 0.15) is 0 Å². The molecule has 0 radical (unpaired) electrons. The molecule has 1 aliphatic rings. The van der Waals surface area contributed by atoms with Crippen LogP contribution in [0.4, 0.5) is 0 Å².